The molecule has 1 atom stereocenters. The summed E-state index contributed by atoms with van der Waals surface area (Å²) >= 11 is 0. The van der Waals surface area contributed by atoms with Gasteiger partial charge in [0.2, 0.25) is 0 Å². The van der Waals surface area contributed by atoms with Crippen LogP contribution in [0.1, 0.15) is 30.1 Å². The number of amides is 1. The standard InChI is InChI=1S/C18H17NO3/c1-2-13-12-17(20)15-10-6-7-11-16(15)19(13)18(21)22-14-8-4-3-5-9-14/h3-11,13H,2,12H2,1H3. The van der Waals surface area contributed by atoms with Crippen molar-refractivity contribution in [3.05, 3.63) is 60.2 Å². The summed E-state index contributed by atoms with van der Waals surface area (Å²) in [4.78, 5) is 26.4. The van der Waals surface area contributed by atoms with Crippen molar-refractivity contribution in [2.45, 2.75) is 25.8 Å². The fourth-order valence-corrected chi connectivity index (χ4v) is 2.74. The van der Waals surface area contributed by atoms with Crippen LogP contribution in [0.2, 0.25) is 0 Å². The Kier molecular flexibility index (Phi) is 3.92. The maximum atomic E-state index is 12.6. The molecular formula is C18H17NO3. The highest BCUT2D eigenvalue weighted by atomic mass is 16.6. The molecule has 4 heteroatoms. The van der Waals surface area contributed by atoms with Gasteiger partial charge >= 0.3 is 6.09 Å². The van der Waals surface area contributed by atoms with E-state index in [0.29, 0.717) is 29.8 Å². The summed E-state index contributed by atoms with van der Waals surface area (Å²) < 4.78 is 5.45. The number of nitrogens with zero attached hydrogens (tertiary/aromatic N) is 1. The van der Waals surface area contributed by atoms with Gasteiger partial charge in [-0.2, -0.15) is 0 Å². The zero-order chi connectivity index (χ0) is 15.5. The average Bonchev–Trinajstić information content (AvgIpc) is 2.55. The maximum absolute atomic E-state index is 12.6. The molecular weight excluding hydrogens is 278 g/mol. The minimum Gasteiger partial charge on any atom is -0.410 e. The first-order chi connectivity index (χ1) is 10.7. The molecule has 0 aromatic heterocycles. The van der Waals surface area contributed by atoms with E-state index in [1.54, 1.807) is 29.2 Å². The van der Waals surface area contributed by atoms with Crippen LogP contribution in [0.25, 0.3) is 0 Å². The molecule has 1 unspecified atom stereocenters. The number of anilines is 1. The summed E-state index contributed by atoms with van der Waals surface area (Å²) in [6, 6.07) is 16.0. The third-order valence-electron chi connectivity index (χ3n) is 3.87. The number of benzene rings is 2. The van der Waals surface area contributed by atoms with Gasteiger partial charge in [0.1, 0.15) is 5.75 Å². The normalized spacial score (nSPS) is 17.0. The number of carbonyl (C=O) groups excluding carboxylic acids is 2. The van der Waals surface area contributed by atoms with Crippen LogP contribution >= 0.6 is 0 Å². The molecule has 1 amide bonds. The van der Waals surface area contributed by atoms with Gasteiger partial charge in [0.15, 0.2) is 5.78 Å². The molecule has 0 aliphatic carbocycles. The number of para-hydroxylation sites is 2. The van der Waals surface area contributed by atoms with Gasteiger partial charge in [-0.1, -0.05) is 37.3 Å². The maximum Gasteiger partial charge on any atom is 0.420 e. The number of Topliss-reactive ketones (excluding diaryl/α,β-unsaturated/α-hetero) is 1. The zero-order valence-electron chi connectivity index (χ0n) is 12.4. The molecule has 112 valence electrons. The smallest absolute Gasteiger partial charge is 0.410 e. The first kappa shape index (κ1) is 14.3. The van der Waals surface area contributed by atoms with Crippen molar-refractivity contribution in [2.75, 3.05) is 4.90 Å². The zero-order valence-corrected chi connectivity index (χ0v) is 12.4. The van der Waals surface area contributed by atoms with E-state index < -0.39 is 6.09 Å². The van der Waals surface area contributed by atoms with Gasteiger partial charge in [0.25, 0.3) is 0 Å². The Morgan fingerprint density at radius 1 is 1.14 bits per heavy atom. The Morgan fingerprint density at radius 3 is 2.55 bits per heavy atom. The third kappa shape index (κ3) is 2.60. The lowest BCUT2D eigenvalue weighted by Crippen LogP contribution is -2.46. The van der Waals surface area contributed by atoms with Gasteiger partial charge in [-0.05, 0) is 30.7 Å². The number of hydrogen-bond donors (Lipinski definition) is 0. The van der Waals surface area contributed by atoms with Crippen molar-refractivity contribution >= 4 is 17.6 Å². The fraction of sp³-hybridized carbons (Fsp3) is 0.222. The molecule has 1 aliphatic heterocycles. The van der Waals surface area contributed by atoms with Crippen LogP contribution < -0.4 is 9.64 Å². The molecule has 0 saturated heterocycles. The monoisotopic (exact) mass is 295 g/mol. The largest absolute Gasteiger partial charge is 0.420 e. The van der Waals surface area contributed by atoms with Gasteiger partial charge in [-0.25, -0.2) is 4.79 Å². The summed E-state index contributed by atoms with van der Waals surface area (Å²) in [6.45, 7) is 1.97. The van der Waals surface area contributed by atoms with Crippen molar-refractivity contribution in [1.29, 1.82) is 0 Å². The summed E-state index contributed by atoms with van der Waals surface area (Å²) in [7, 11) is 0. The second-order valence-corrected chi connectivity index (χ2v) is 5.26. The molecule has 1 aliphatic rings. The lowest BCUT2D eigenvalue weighted by molar-refractivity contribution is 0.0965. The van der Waals surface area contributed by atoms with Crippen LogP contribution in [0.15, 0.2) is 54.6 Å². The molecule has 0 bridgehead atoms. The fourth-order valence-electron chi connectivity index (χ4n) is 2.74. The van der Waals surface area contributed by atoms with E-state index in [2.05, 4.69) is 0 Å². The summed E-state index contributed by atoms with van der Waals surface area (Å²) in [5.74, 6) is 0.572. The molecule has 0 saturated carbocycles. The number of ketones is 1. The molecule has 0 spiro atoms. The predicted molar refractivity (Wildman–Crippen MR) is 84.4 cm³/mol. The van der Waals surface area contributed by atoms with Gasteiger partial charge in [0, 0.05) is 18.0 Å². The molecule has 4 nitrogen and oxygen atoms in total. The number of ether oxygens (including phenoxy) is 1. The Hall–Kier alpha value is -2.62. The van der Waals surface area contributed by atoms with E-state index in [9.17, 15) is 9.59 Å². The Balaban J connectivity index is 1.94. The van der Waals surface area contributed by atoms with Gasteiger partial charge < -0.3 is 4.74 Å². The van der Waals surface area contributed by atoms with E-state index >= 15 is 0 Å². The van der Waals surface area contributed by atoms with Crippen LogP contribution in [0, 0.1) is 0 Å². The average molecular weight is 295 g/mol. The Bertz CT molecular complexity index is 696. The highest BCUT2D eigenvalue weighted by Gasteiger charge is 2.35. The van der Waals surface area contributed by atoms with Crippen molar-refractivity contribution in [1.82, 2.24) is 0 Å². The van der Waals surface area contributed by atoms with Crippen molar-refractivity contribution < 1.29 is 14.3 Å². The van der Waals surface area contributed by atoms with Gasteiger partial charge in [0.05, 0.1) is 5.69 Å². The summed E-state index contributed by atoms with van der Waals surface area (Å²) in [5.41, 5.74) is 1.21. The van der Waals surface area contributed by atoms with Crippen LogP contribution in [0.3, 0.4) is 0 Å². The molecule has 3 rings (SSSR count). The third-order valence-corrected chi connectivity index (χ3v) is 3.87. The van der Waals surface area contributed by atoms with E-state index in [1.165, 1.54) is 0 Å². The predicted octanol–water partition coefficient (Wildman–Crippen LogP) is 4.06. The minimum atomic E-state index is -0.446. The molecule has 0 radical (unpaired) electrons. The lowest BCUT2D eigenvalue weighted by Gasteiger charge is -2.35. The molecule has 0 fully saturated rings. The second-order valence-electron chi connectivity index (χ2n) is 5.26. The second kappa shape index (κ2) is 6.02. The SMILES string of the molecule is CCC1CC(=O)c2ccccc2N1C(=O)Oc1ccccc1. The summed E-state index contributed by atoms with van der Waals surface area (Å²) in [6.07, 6.45) is 0.583. The summed E-state index contributed by atoms with van der Waals surface area (Å²) in [5, 5.41) is 0. The Morgan fingerprint density at radius 2 is 1.82 bits per heavy atom. The highest BCUT2D eigenvalue weighted by molar-refractivity contribution is 6.08. The molecule has 2 aromatic carbocycles. The molecule has 1 heterocycles. The van der Waals surface area contributed by atoms with Crippen molar-refractivity contribution in [2.24, 2.45) is 0 Å². The Labute approximate surface area is 129 Å². The van der Waals surface area contributed by atoms with Crippen LogP contribution in [-0.4, -0.2) is 17.9 Å². The number of rotatable bonds is 2. The quantitative estimate of drug-likeness (QED) is 0.839. The molecule has 2 aromatic rings. The van der Waals surface area contributed by atoms with E-state index in [0.717, 1.165) is 0 Å². The van der Waals surface area contributed by atoms with Crippen LogP contribution in [0.5, 0.6) is 5.75 Å². The molecule has 22 heavy (non-hydrogen) atoms. The van der Waals surface area contributed by atoms with Gasteiger partial charge in [-0.3, -0.25) is 9.69 Å². The number of fused-ring (bicyclic) bond motifs is 1. The number of carbonyl (C=O) groups is 2. The lowest BCUT2D eigenvalue weighted by atomic mass is 9.93. The van der Waals surface area contributed by atoms with E-state index in [-0.39, 0.29) is 11.8 Å². The topological polar surface area (TPSA) is 46.6 Å². The number of hydrogen-bond acceptors (Lipinski definition) is 3. The first-order valence-corrected chi connectivity index (χ1v) is 7.39. The molecule has 0 N–H and O–H groups in total. The minimum absolute atomic E-state index is 0.0752. The van der Waals surface area contributed by atoms with E-state index in [1.807, 2.05) is 37.3 Å². The van der Waals surface area contributed by atoms with E-state index in [4.69, 9.17) is 4.74 Å². The van der Waals surface area contributed by atoms with Gasteiger partial charge in [-0.15, -0.1) is 0 Å². The first-order valence-electron chi connectivity index (χ1n) is 7.39. The van der Waals surface area contributed by atoms with Crippen LogP contribution in [0.4, 0.5) is 10.5 Å². The van der Waals surface area contributed by atoms with Crippen LogP contribution in [-0.2, 0) is 0 Å². The highest BCUT2D eigenvalue weighted by Crippen LogP contribution is 2.32. The van der Waals surface area contributed by atoms with Crippen molar-refractivity contribution in [3.63, 3.8) is 0 Å². The van der Waals surface area contributed by atoms with Crippen molar-refractivity contribution in [3.8, 4) is 5.75 Å².